The monoisotopic (exact) mass is 291 g/mol. The van der Waals surface area contributed by atoms with Gasteiger partial charge in [-0.05, 0) is 5.92 Å². The van der Waals surface area contributed by atoms with E-state index in [0.717, 1.165) is 5.01 Å². The number of carbonyl (C=O) groups is 2. The summed E-state index contributed by atoms with van der Waals surface area (Å²) in [4.78, 5) is 23.8. The summed E-state index contributed by atoms with van der Waals surface area (Å²) in [5, 5.41) is 24.5. The van der Waals surface area contributed by atoms with Crippen molar-refractivity contribution >= 4 is 17.7 Å². The minimum absolute atomic E-state index is 0.0648. The predicted molar refractivity (Wildman–Crippen MR) is 75.0 cm³/mol. The number of hydrazone groups is 1. The first-order valence-electron chi connectivity index (χ1n) is 6.48. The number of hydrogen-bond acceptors (Lipinski definition) is 4. The third kappa shape index (κ3) is 2.06. The number of carboxylic acid groups (broad SMARTS) is 1. The Kier molecular flexibility index (Phi) is 3.69. The number of likely N-dealkylation sites (N-methyl/N-ethyl adjacent to an activating group) is 1. The number of hydrogen-bond donors (Lipinski definition) is 2. The summed E-state index contributed by atoms with van der Waals surface area (Å²) < 4.78 is 0. The maximum atomic E-state index is 12.5. The molecule has 112 valence electrons. The molecule has 0 spiro atoms. The van der Waals surface area contributed by atoms with E-state index in [9.17, 15) is 19.9 Å². The van der Waals surface area contributed by atoms with Crippen molar-refractivity contribution in [2.75, 3.05) is 7.05 Å². The zero-order chi connectivity index (χ0) is 15.8. The molecular formula is C14H17N3O4. The van der Waals surface area contributed by atoms with Crippen molar-refractivity contribution in [2.24, 2.45) is 11.0 Å². The second kappa shape index (κ2) is 5.17. The molecule has 1 heterocycles. The highest BCUT2D eigenvalue weighted by Gasteiger charge is 2.59. The lowest BCUT2D eigenvalue weighted by Crippen LogP contribution is -2.63. The summed E-state index contributed by atoms with van der Waals surface area (Å²) in [6.45, 7) is 3.34. The van der Waals surface area contributed by atoms with Gasteiger partial charge in [0, 0.05) is 12.6 Å². The summed E-state index contributed by atoms with van der Waals surface area (Å²) in [6, 6.07) is 8.76. The van der Waals surface area contributed by atoms with Crippen LogP contribution in [0.15, 0.2) is 35.4 Å². The fraction of sp³-hybridized carbons (Fsp3) is 0.357. The van der Waals surface area contributed by atoms with E-state index in [-0.39, 0.29) is 10.8 Å². The van der Waals surface area contributed by atoms with Crippen molar-refractivity contribution in [2.45, 2.75) is 19.4 Å². The average molecular weight is 291 g/mol. The maximum Gasteiger partial charge on any atom is 0.432 e. The first-order valence-corrected chi connectivity index (χ1v) is 6.48. The Bertz CT molecular complexity index is 599. The van der Waals surface area contributed by atoms with Gasteiger partial charge in [-0.25, -0.2) is 9.80 Å². The van der Waals surface area contributed by atoms with Gasteiger partial charge in [-0.2, -0.15) is 10.2 Å². The Morgan fingerprint density at radius 3 is 2.38 bits per heavy atom. The molecule has 0 fully saturated rings. The van der Waals surface area contributed by atoms with E-state index >= 15 is 0 Å². The standard InChI is InChI=1S/C14H17N3O4/c1-9(2)14(17(21)13(19)20)11(15-16(3)12(14)18)10-7-5-4-6-8-10/h4-9,21H,1-3H3,(H,19,20). The van der Waals surface area contributed by atoms with Gasteiger partial charge in [0.05, 0.1) is 0 Å². The van der Waals surface area contributed by atoms with Gasteiger partial charge in [-0.15, -0.1) is 0 Å². The lowest BCUT2D eigenvalue weighted by Gasteiger charge is -2.37. The van der Waals surface area contributed by atoms with Crippen LogP contribution in [-0.2, 0) is 4.79 Å². The highest BCUT2D eigenvalue weighted by atomic mass is 16.6. The molecule has 21 heavy (non-hydrogen) atoms. The quantitative estimate of drug-likeness (QED) is 0.653. The number of nitrogens with zero attached hydrogens (tertiary/aromatic N) is 3. The Balaban J connectivity index is 2.68. The molecule has 0 bridgehead atoms. The fourth-order valence-corrected chi connectivity index (χ4v) is 2.60. The molecule has 0 saturated heterocycles. The molecule has 2 N–H and O–H groups in total. The van der Waals surface area contributed by atoms with Crippen LogP contribution in [0.1, 0.15) is 19.4 Å². The molecule has 2 amide bonds. The van der Waals surface area contributed by atoms with Crippen LogP contribution in [0.2, 0.25) is 0 Å². The van der Waals surface area contributed by atoms with Gasteiger partial charge in [0.2, 0.25) is 0 Å². The zero-order valence-corrected chi connectivity index (χ0v) is 12.0. The average Bonchev–Trinajstić information content (AvgIpc) is 2.72. The van der Waals surface area contributed by atoms with Gasteiger partial charge < -0.3 is 5.11 Å². The van der Waals surface area contributed by atoms with Crippen molar-refractivity contribution < 1.29 is 19.9 Å². The van der Waals surface area contributed by atoms with Gasteiger partial charge in [0.15, 0.2) is 5.54 Å². The van der Waals surface area contributed by atoms with Crippen molar-refractivity contribution in [3.05, 3.63) is 35.9 Å². The van der Waals surface area contributed by atoms with Crippen LogP contribution in [0.25, 0.3) is 0 Å². The van der Waals surface area contributed by atoms with Gasteiger partial charge in [-0.3, -0.25) is 10.0 Å². The maximum absolute atomic E-state index is 12.5. The predicted octanol–water partition coefficient (Wildman–Crippen LogP) is 1.63. The van der Waals surface area contributed by atoms with E-state index < -0.39 is 23.5 Å². The number of carbonyl (C=O) groups excluding carboxylic acids is 1. The van der Waals surface area contributed by atoms with E-state index in [1.807, 2.05) is 0 Å². The number of amides is 2. The van der Waals surface area contributed by atoms with Crippen molar-refractivity contribution in [3.63, 3.8) is 0 Å². The van der Waals surface area contributed by atoms with Crippen LogP contribution in [0.4, 0.5) is 4.79 Å². The van der Waals surface area contributed by atoms with Crippen molar-refractivity contribution in [1.82, 2.24) is 10.1 Å². The summed E-state index contributed by atoms with van der Waals surface area (Å²) in [5.74, 6) is -1.09. The largest absolute Gasteiger partial charge is 0.463 e. The molecule has 1 aromatic carbocycles. The van der Waals surface area contributed by atoms with Gasteiger partial charge in [-0.1, -0.05) is 44.2 Å². The molecule has 7 heteroatoms. The SMILES string of the molecule is CC(C)C1(N(O)C(=O)O)C(=O)N(C)N=C1c1ccccc1. The van der Waals surface area contributed by atoms with Crippen LogP contribution < -0.4 is 0 Å². The lowest BCUT2D eigenvalue weighted by atomic mass is 9.78. The highest BCUT2D eigenvalue weighted by Crippen LogP contribution is 2.35. The smallest absolute Gasteiger partial charge is 0.432 e. The van der Waals surface area contributed by atoms with Crippen LogP contribution in [0, 0.1) is 5.92 Å². The van der Waals surface area contributed by atoms with E-state index in [1.165, 1.54) is 7.05 Å². The second-order valence-corrected chi connectivity index (χ2v) is 5.16. The van der Waals surface area contributed by atoms with Crippen molar-refractivity contribution in [1.29, 1.82) is 0 Å². The molecule has 7 nitrogen and oxygen atoms in total. The summed E-state index contributed by atoms with van der Waals surface area (Å²) in [6.07, 6.45) is -1.60. The topological polar surface area (TPSA) is 93.4 Å². The lowest BCUT2D eigenvalue weighted by molar-refractivity contribution is -0.164. The summed E-state index contributed by atoms with van der Waals surface area (Å²) in [5.41, 5.74) is -0.943. The van der Waals surface area contributed by atoms with Crippen LogP contribution in [0.3, 0.4) is 0 Å². The minimum atomic E-state index is -1.75. The first kappa shape index (κ1) is 15.0. The first-order chi connectivity index (χ1) is 9.83. The highest BCUT2D eigenvalue weighted by molar-refractivity contribution is 6.24. The van der Waals surface area contributed by atoms with Gasteiger partial charge in [0.1, 0.15) is 5.71 Å². The van der Waals surface area contributed by atoms with Crippen LogP contribution in [0.5, 0.6) is 0 Å². The minimum Gasteiger partial charge on any atom is -0.463 e. The molecule has 1 aliphatic rings. The Morgan fingerprint density at radius 1 is 1.33 bits per heavy atom. The molecule has 2 rings (SSSR count). The number of benzene rings is 1. The van der Waals surface area contributed by atoms with E-state index in [0.29, 0.717) is 5.56 Å². The third-order valence-corrected chi connectivity index (χ3v) is 3.63. The Morgan fingerprint density at radius 2 is 1.90 bits per heavy atom. The van der Waals surface area contributed by atoms with E-state index in [2.05, 4.69) is 5.10 Å². The molecule has 1 unspecified atom stereocenters. The number of rotatable bonds is 3. The molecule has 1 atom stereocenters. The fourth-order valence-electron chi connectivity index (χ4n) is 2.60. The molecule has 1 aromatic rings. The molecule has 0 radical (unpaired) electrons. The molecule has 0 aliphatic carbocycles. The Labute approximate surface area is 122 Å². The summed E-state index contributed by atoms with van der Waals surface area (Å²) >= 11 is 0. The van der Waals surface area contributed by atoms with Crippen LogP contribution in [-0.4, -0.2) is 50.7 Å². The van der Waals surface area contributed by atoms with Crippen LogP contribution >= 0.6 is 0 Å². The van der Waals surface area contributed by atoms with Gasteiger partial charge in [0.25, 0.3) is 5.91 Å². The van der Waals surface area contributed by atoms with Crippen molar-refractivity contribution in [3.8, 4) is 0 Å². The summed E-state index contributed by atoms with van der Waals surface area (Å²) in [7, 11) is 1.44. The van der Waals surface area contributed by atoms with E-state index in [1.54, 1.807) is 44.2 Å². The van der Waals surface area contributed by atoms with Gasteiger partial charge >= 0.3 is 6.09 Å². The molecule has 1 aliphatic heterocycles. The normalized spacial score (nSPS) is 21.7. The zero-order valence-electron chi connectivity index (χ0n) is 12.0. The van der Waals surface area contributed by atoms with E-state index in [4.69, 9.17) is 0 Å². The Hall–Kier alpha value is -2.41. The molecule has 0 aromatic heterocycles. The second-order valence-electron chi connectivity index (χ2n) is 5.16. The molecule has 0 saturated carbocycles. The molecular weight excluding hydrogens is 274 g/mol. The number of hydroxylamine groups is 2. The third-order valence-electron chi connectivity index (χ3n) is 3.63.